The minimum absolute atomic E-state index is 0.227. The number of halogens is 1. The topological polar surface area (TPSA) is 110 Å². The van der Waals surface area contributed by atoms with Gasteiger partial charge in [-0.1, -0.05) is 37.3 Å². The second-order valence-corrected chi connectivity index (χ2v) is 9.69. The fraction of sp³-hybridized carbons (Fsp3) is 0.625. The molecule has 2 atom stereocenters. The Labute approximate surface area is 201 Å². The smallest absolute Gasteiger partial charge is 0.233 e. The van der Waals surface area contributed by atoms with Crippen LogP contribution in [0.4, 0.5) is 23.5 Å². The molecule has 33 heavy (non-hydrogen) atoms. The van der Waals surface area contributed by atoms with Gasteiger partial charge in [0.2, 0.25) is 17.8 Å². The molecule has 0 amide bonds. The van der Waals surface area contributed by atoms with E-state index < -0.39 is 0 Å². The van der Waals surface area contributed by atoms with Gasteiger partial charge in [-0.15, -0.1) is 0 Å². The minimum Gasteiger partial charge on any atom is -0.495 e. The van der Waals surface area contributed by atoms with Crippen LogP contribution in [0.2, 0.25) is 5.02 Å². The number of benzene rings is 1. The maximum absolute atomic E-state index is 6.30. The van der Waals surface area contributed by atoms with Crippen LogP contribution < -0.4 is 26.4 Å². The second-order valence-electron chi connectivity index (χ2n) is 9.29. The van der Waals surface area contributed by atoms with Gasteiger partial charge in [-0.3, -0.25) is 0 Å². The van der Waals surface area contributed by atoms with Gasteiger partial charge < -0.3 is 26.4 Å². The van der Waals surface area contributed by atoms with Crippen LogP contribution in [0.5, 0.6) is 5.75 Å². The molecule has 4 rings (SSSR count). The first-order valence-electron chi connectivity index (χ1n) is 12.2. The first kappa shape index (κ1) is 23.8. The van der Waals surface area contributed by atoms with Crippen LogP contribution in [0.3, 0.4) is 0 Å². The zero-order chi connectivity index (χ0) is 23.0. The highest BCUT2D eigenvalue weighted by atomic mass is 35.5. The molecule has 1 aromatic carbocycles. The van der Waals surface area contributed by atoms with Crippen molar-refractivity contribution in [2.75, 3.05) is 29.6 Å². The normalized spacial score (nSPS) is 21.8. The van der Waals surface area contributed by atoms with Crippen molar-refractivity contribution in [3.8, 4) is 5.75 Å². The van der Waals surface area contributed by atoms with Gasteiger partial charge in [0.15, 0.2) is 0 Å². The third kappa shape index (κ3) is 7.08. The fourth-order valence-electron chi connectivity index (χ4n) is 4.79. The van der Waals surface area contributed by atoms with Gasteiger partial charge in [0.05, 0.1) is 12.1 Å². The summed E-state index contributed by atoms with van der Waals surface area (Å²) in [4.78, 5) is 13.9. The average molecular weight is 474 g/mol. The van der Waals surface area contributed by atoms with Crippen molar-refractivity contribution in [2.45, 2.75) is 76.3 Å². The van der Waals surface area contributed by atoms with Gasteiger partial charge in [-0.2, -0.15) is 15.0 Å². The first-order chi connectivity index (χ1) is 16.1. The lowest BCUT2D eigenvalue weighted by atomic mass is 9.92. The number of nitrogens with one attached hydrogen (secondary N) is 3. The van der Waals surface area contributed by atoms with Crippen LogP contribution in [-0.4, -0.2) is 40.7 Å². The van der Waals surface area contributed by atoms with Crippen LogP contribution >= 0.6 is 11.6 Å². The summed E-state index contributed by atoms with van der Waals surface area (Å²) in [6.07, 6.45) is 12.0. The predicted octanol–water partition coefficient (Wildman–Crippen LogP) is 5.34. The molecule has 1 aromatic heterocycles. The van der Waals surface area contributed by atoms with Gasteiger partial charge in [0.25, 0.3) is 0 Å². The third-order valence-electron chi connectivity index (χ3n) is 6.61. The monoisotopic (exact) mass is 473 g/mol. The molecular formula is C24H36ClN7O. The largest absolute Gasteiger partial charge is 0.495 e. The van der Waals surface area contributed by atoms with Crippen molar-refractivity contribution < 1.29 is 4.74 Å². The van der Waals surface area contributed by atoms with Crippen LogP contribution in [0, 0.1) is 5.92 Å². The van der Waals surface area contributed by atoms with E-state index in [4.69, 9.17) is 22.1 Å². The fourth-order valence-corrected chi connectivity index (χ4v) is 5.05. The van der Waals surface area contributed by atoms with E-state index in [0.717, 1.165) is 37.9 Å². The molecule has 0 radical (unpaired) electrons. The molecule has 2 aromatic rings. The van der Waals surface area contributed by atoms with Gasteiger partial charge in [0.1, 0.15) is 5.75 Å². The number of methoxy groups -OCH3 is 1. The van der Waals surface area contributed by atoms with E-state index in [1.54, 1.807) is 13.2 Å². The predicted molar refractivity (Wildman–Crippen MR) is 135 cm³/mol. The van der Waals surface area contributed by atoms with Crippen molar-refractivity contribution in [2.24, 2.45) is 11.7 Å². The van der Waals surface area contributed by atoms with Crippen LogP contribution in [0.1, 0.15) is 64.2 Å². The highest BCUT2D eigenvalue weighted by Gasteiger charge is 2.21. The molecule has 8 nitrogen and oxygen atoms in total. The first-order valence-corrected chi connectivity index (χ1v) is 12.6. The Bertz CT molecular complexity index is 904. The van der Waals surface area contributed by atoms with Crippen molar-refractivity contribution in [3.63, 3.8) is 0 Å². The molecule has 2 aliphatic rings. The molecule has 2 aliphatic carbocycles. The molecule has 0 saturated heterocycles. The number of hydrogen-bond donors (Lipinski definition) is 4. The second kappa shape index (κ2) is 11.7. The Balaban J connectivity index is 1.50. The summed E-state index contributed by atoms with van der Waals surface area (Å²) in [6.45, 7) is 0.881. The summed E-state index contributed by atoms with van der Waals surface area (Å²) in [5, 5.41) is 10.7. The van der Waals surface area contributed by atoms with E-state index in [2.05, 4.69) is 30.9 Å². The Kier molecular flexibility index (Phi) is 8.45. The van der Waals surface area contributed by atoms with Crippen molar-refractivity contribution in [1.29, 1.82) is 0 Å². The molecule has 9 heteroatoms. The molecule has 2 saturated carbocycles. The van der Waals surface area contributed by atoms with E-state index in [1.165, 1.54) is 38.5 Å². The number of nitrogens with zero attached hydrogens (tertiary/aromatic N) is 3. The van der Waals surface area contributed by atoms with E-state index in [-0.39, 0.29) is 12.1 Å². The Hall–Kier alpha value is -2.32. The number of ether oxygens (including phenoxy) is 1. The lowest BCUT2D eigenvalue weighted by molar-refractivity contribution is 0.408. The molecule has 0 spiro atoms. The molecule has 2 unspecified atom stereocenters. The average Bonchev–Trinajstić information content (AvgIpc) is 3.07. The number of aromatic nitrogens is 3. The maximum Gasteiger partial charge on any atom is 0.233 e. The Morgan fingerprint density at radius 3 is 2.45 bits per heavy atom. The highest BCUT2D eigenvalue weighted by Crippen LogP contribution is 2.29. The minimum atomic E-state index is 0.227. The Morgan fingerprint density at radius 2 is 1.73 bits per heavy atom. The van der Waals surface area contributed by atoms with Crippen LogP contribution in [-0.2, 0) is 0 Å². The van der Waals surface area contributed by atoms with Crippen molar-refractivity contribution in [1.82, 2.24) is 15.0 Å². The van der Waals surface area contributed by atoms with Crippen molar-refractivity contribution in [3.05, 3.63) is 23.2 Å². The highest BCUT2D eigenvalue weighted by molar-refractivity contribution is 6.32. The summed E-state index contributed by atoms with van der Waals surface area (Å²) in [5.74, 6) is 2.90. The standard InChI is InChI=1S/C24H36ClN7O/c1-33-21-12-11-19(14-20(21)25)29-24-31-22(27-15-16-7-4-2-3-5-8-16)30-23(32-24)28-18-10-6-9-17(26)13-18/h11-12,14,16-18H,2-10,13,15,26H2,1H3,(H3,27,28,29,30,31,32). The lowest BCUT2D eigenvalue weighted by Crippen LogP contribution is -2.35. The van der Waals surface area contributed by atoms with Gasteiger partial charge in [0, 0.05) is 24.3 Å². The molecule has 0 aliphatic heterocycles. The van der Waals surface area contributed by atoms with Crippen LogP contribution in [0.15, 0.2) is 18.2 Å². The molecular weight excluding hydrogens is 438 g/mol. The van der Waals surface area contributed by atoms with Gasteiger partial charge >= 0.3 is 0 Å². The summed E-state index contributed by atoms with van der Waals surface area (Å²) >= 11 is 6.30. The number of rotatable bonds is 8. The van der Waals surface area contributed by atoms with E-state index in [9.17, 15) is 0 Å². The third-order valence-corrected chi connectivity index (χ3v) is 6.91. The van der Waals surface area contributed by atoms with Gasteiger partial charge in [-0.25, -0.2) is 0 Å². The van der Waals surface area contributed by atoms with E-state index >= 15 is 0 Å². The number of anilines is 4. The molecule has 180 valence electrons. The molecule has 1 heterocycles. The zero-order valence-electron chi connectivity index (χ0n) is 19.4. The van der Waals surface area contributed by atoms with E-state index in [1.807, 2.05) is 12.1 Å². The van der Waals surface area contributed by atoms with E-state index in [0.29, 0.717) is 34.5 Å². The maximum atomic E-state index is 6.30. The summed E-state index contributed by atoms with van der Waals surface area (Å²) in [7, 11) is 1.60. The Morgan fingerprint density at radius 1 is 0.970 bits per heavy atom. The molecule has 2 fully saturated rings. The molecule has 0 bridgehead atoms. The number of nitrogens with two attached hydrogens (primary N) is 1. The summed E-state index contributed by atoms with van der Waals surface area (Å²) in [6, 6.07) is 6.01. The summed E-state index contributed by atoms with van der Waals surface area (Å²) < 4.78 is 5.25. The van der Waals surface area contributed by atoms with Gasteiger partial charge in [-0.05, 0) is 62.6 Å². The van der Waals surface area contributed by atoms with Crippen LogP contribution in [0.25, 0.3) is 0 Å². The molecule has 5 N–H and O–H groups in total. The lowest BCUT2D eigenvalue weighted by Gasteiger charge is -2.27. The SMILES string of the molecule is COc1ccc(Nc2nc(NCC3CCCCCC3)nc(NC3CCCC(N)C3)n2)cc1Cl. The number of hydrogen-bond acceptors (Lipinski definition) is 8. The zero-order valence-corrected chi connectivity index (χ0v) is 20.2. The van der Waals surface area contributed by atoms with Crippen molar-refractivity contribution >= 4 is 35.1 Å². The quantitative estimate of drug-likeness (QED) is 0.380. The summed E-state index contributed by atoms with van der Waals surface area (Å²) in [5.41, 5.74) is 6.97.